The van der Waals surface area contributed by atoms with Crippen molar-refractivity contribution in [2.75, 3.05) is 20.1 Å². The number of halogens is 1. The van der Waals surface area contributed by atoms with Gasteiger partial charge >= 0.3 is 0 Å². The molecule has 31 heavy (non-hydrogen) atoms. The summed E-state index contributed by atoms with van der Waals surface area (Å²) in [5.74, 6) is 0.230. The van der Waals surface area contributed by atoms with Crippen LogP contribution in [0, 0.1) is 11.7 Å². The molecule has 4 rings (SSSR count). The minimum absolute atomic E-state index is 0.00350. The zero-order chi connectivity index (χ0) is 21.8. The first kappa shape index (κ1) is 21.5. The van der Waals surface area contributed by atoms with Crippen molar-refractivity contribution < 1.29 is 18.4 Å². The zero-order valence-electron chi connectivity index (χ0n) is 17.7. The van der Waals surface area contributed by atoms with Gasteiger partial charge in [0.15, 0.2) is 0 Å². The van der Waals surface area contributed by atoms with Gasteiger partial charge in [-0.2, -0.15) is 0 Å². The molecule has 3 unspecified atom stereocenters. The van der Waals surface area contributed by atoms with Gasteiger partial charge in [-0.3, -0.25) is 20.4 Å². The Kier molecular flexibility index (Phi) is 6.67. The van der Waals surface area contributed by atoms with Gasteiger partial charge < -0.3 is 14.2 Å². The monoisotopic (exact) mass is 428 g/mol. The van der Waals surface area contributed by atoms with Crippen molar-refractivity contribution in [3.63, 3.8) is 0 Å². The second-order valence-corrected chi connectivity index (χ2v) is 8.48. The molecule has 1 aromatic carbocycles. The summed E-state index contributed by atoms with van der Waals surface area (Å²) in [7, 11) is 1.81. The molecule has 2 aromatic rings. The molecule has 3 heterocycles. The molecule has 3 atom stereocenters. The highest BCUT2D eigenvalue weighted by molar-refractivity contribution is 5.89. The molecule has 0 spiro atoms. The maximum absolute atomic E-state index is 13.1. The molecule has 2 aliphatic heterocycles. The highest BCUT2D eigenvalue weighted by Crippen LogP contribution is 2.25. The van der Waals surface area contributed by atoms with Gasteiger partial charge in [0.1, 0.15) is 11.6 Å². The molecule has 0 saturated carbocycles. The number of hydrogen-bond donors (Lipinski definition) is 2. The zero-order valence-corrected chi connectivity index (χ0v) is 17.7. The van der Waals surface area contributed by atoms with Crippen LogP contribution >= 0.6 is 0 Å². The summed E-state index contributed by atoms with van der Waals surface area (Å²) in [5, 5.41) is 0. The number of nitrogens with zero attached hydrogens (tertiary/aromatic N) is 2. The third kappa shape index (κ3) is 5.32. The van der Waals surface area contributed by atoms with Crippen LogP contribution in [-0.2, 0) is 16.1 Å². The van der Waals surface area contributed by atoms with Gasteiger partial charge in [0, 0.05) is 38.6 Å². The lowest BCUT2D eigenvalue weighted by atomic mass is 9.99. The number of carbonyl (C=O) groups excluding carboxylic acids is 2. The summed E-state index contributed by atoms with van der Waals surface area (Å²) in [5.41, 5.74) is 7.64. The summed E-state index contributed by atoms with van der Waals surface area (Å²) in [6.07, 6.45) is 4.56. The number of furan rings is 1. The van der Waals surface area contributed by atoms with Crippen LogP contribution in [0.15, 0.2) is 47.1 Å². The van der Waals surface area contributed by atoms with Crippen LogP contribution in [0.25, 0.3) is 0 Å². The van der Waals surface area contributed by atoms with E-state index in [2.05, 4.69) is 10.9 Å². The minimum Gasteiger partial charge on any atom is -0.467 e. The molecule has 8 heteroatoms. The molecule has 7 nitrogen and oxygen atoms in total. The summed E-state index contributed by atoms with van der Waals surface area (Å²) in [6, 6.07) is 10.7. The molecule has 0 bridgehead atoms. The molecule has 2 fully saturated rings. The van der Waals surface area contributed by atoms with Gasteiger partial charge in [-0.1, -0.05) is 12.1 Å². The molecule has 2 amide bonds. The average Bonchev–Trinajstić information content (AvgIpc) is 3.51. The van der Waals surface area contributed by atoms with E-state index in [0.29, 0.717) is 25.7 Å². The summed E-state index contributed by atoms with van der Waals surface area (Å²) in [6.45, 7) is 1.51. The van der Waals surface area contributed by atoms with Gasteiger partial charge in [-0.15, -0.1) is 0 Å². The lowest BCUT2D eigenvalue weighted by molar-refractivity contribution is -0.134. The highest BCUT2D eigenvalue weighted by atomic mass is 19.1. The summed E-state index contributed by atoms with van der Waals surface area (Å²) < 4.78 is 18.4. The van der Waals surface area contributed by atoms with Crippen LogP contribution in [-0.4, -0.2) is 47.8 Å². The summed E-state index contributed by atoms with van der Waals surface area (Å²) in [4.78, 5) is 28.5. The highest BCUT2D eigenvalue weighted by Gasteiger charge is 2.36. The smallest absolute Gasteiger partial charge is 0.227 e. The Balaban J connectivity index is 1.18. The fourth-order valence-corrected chi connectivity index (χ4v) is 4.40. The van der Waals surface area contributed by atoms with E-state index < -0.39 is 0 Å². The van der Waals surface area contributed by atoms with Crippen molar-refractivity contribution in [3.8, 4) is 0 Å². The van der Waals surface area contributed by atoms with Crippen molar-refractivity contribution in [1.29, 1.82) is 0 Å². The number of hydrogen-bond acceptors (Lipinski definition) is 5. The maximum atomic E-state index is 13.1. The van der Waals surface area contributed by atoms with E-state index in [1.807, 2.05) is 25.2 Å². The standard InChI is InChI=1S/C23H29FN4O3/c1-27(23(30)17-12-22(29)28(14-17)15-20-5-3-11-31-20)10-2-4-19-13-21(26-25-19)16-6-8-18(24)9-7-16/h3,5-9,11,17,19,21,25-26H,2,4,10,12-15H2,1H3. The molecular formula is C23H29FN4O3. The third-order valence-electron chi connectivity index (χ3n) is 6.17. The van der Waals surface area contributed by atoms with E-state index in [1.165, 1.54) is 12.1 Å². The van der Waals surface area contributed by atoms with Crippen molar-refractivity contribution >= 4 is 11.8 Å². The van der Waals surface area contributed by atoms with Gasteiger partial charge in [0.2, 0.25) is 11.8 Å². The van der Waals surface area contributed by atoms with E-state index in [1.54, 1.807) is 22.1 Å². The van der Waals surface area contributed by atoms with Crippen LogP contribution < -0.4 is 10.9 Å². The normalized spacial score (nSPS) is 23.5. The molecule has 166 valence electrons. The molecular weight excluding hydrogens is 399 g/mol. The number of benzene rings is 1. The average molecular weight is 429 g/mol. The lowest BCUT2D eigenvalue weighted by Crippen LogP contribution is -2.36. The van der Waals surface area contributed by atoms with Gasteiger partial charge in [-0.25, -0.2) is 4.39 Å². The lowest BCUT2D eigenvalue weighted by Gasteiger charge is -2.22. The van der Waals surface area contributed by atoms with Crippen LogP contribution in [0.5, 0.6) is 0 Å². The quantitative estimate of drug-likeness (QED) is 0.676. The van der Waals surface area contributed by atoms with Gasteiger partial charge in [-0.05, 0) is 49.1 Å². The first-order valence-corrected chi connectivity index (χ1v) is 10.8. The molecule has 2 aliphatic rings. The van der Waals surface area contributed by atoms with Gasteiger partial charge in [0.05, 0.1) is 18.7 Å². The number of nitrogens with one attached hydrogen (secondary N) is 2. The van der Waals surface area contributed by atoms with E-state index in [4.69, 9.17) is 4.42 Å². The first-order valence-electron chi connectivity index (χ1n) is 10.8. The van der Waals surface area contributed by atoms with Crippen LogP contribution in [0.3, 0.4) is 0 Å². The van der Waals surface area contributed by atoms with Crippen LogP contribution in [0.2, 0.25) is 0 Å². The Labute approximate surface area is 181 Å². The Morgan fingerprint density at radius 2 is 2.06 bits per heavy atom. The maximum Gasteiger partial charge on any atom is 0.227 e. The predicted molar refractivity (Wildman–Crippen MR) is 113 cm³/mol. The van der Waals surface area contributed by atoms with E-state index >= 15 is 0 Å². The topological polar surface area (TPSA) is 77.8 Å². The largest absolute Gasteiger partial charge is 0.467 e. The van der Waals surface area contributed by atoms with Crippen LogP contribution in [0.1, 0.15) is 43.0 Å². The Bertz CT molecular complexity index is 887. The molecule has 0 radical (unpaired) electrons. The number of likely N-dealkylation sites (tertiary alicyclic amines) is 1. The fourth-order valence-electron chi connectivity index (χ4n) is 4.40. The number of rotatable bonds is 8. The SMILES string of the molecule is CN(CCCC1CC(c2ccc(F)cc2)NN1)C(=O)C1CC(=O)N(Cc2ccco2)C1. The van der Waals surface area contributed by atoms with E-state index in [9.17, 15) is 14.0 Å². The summed E-state index contributed by atoms with van der Waals surface area (Å²) >= 11 is 0. The van der Waals surface area contributed by atoms with Crippen molar-refractivity contribution in [2.24, 2.45) is 5.92 Å². The van der Waals surface area contributed by atoms with E-state index in [0.717, 1.165) is 30.6 Å². The predicted octanol–water partition coefficient (Wildman–Crippen LogP) is 2.61. The van der Waals surface area contributed by atoms with Crippen LogP contribution in [0.4, 0.5) is 4.39 Å². The number of amides is 2. The Morgan fingerprint density at radius 1 is 1.26 bits per heavy atom. The first-order chi connectivity index (χ1) is 15.0. The molecule has 2 N–H and O–H groups in total. The van der Waals surface area contributed by atoms with Crippen molar-refractivity contribution in [1.82, 2.24) is 20.7 Å². The second kappa shape index (κ2) is 9.62. The Hall–Kier alpha value is -2.71. The molecule has 2 saturated heterocycles. The minimum atomic E-state index is -0.290. The fraction of sp³-hybridized carbons (Fsp3) is 0.478. The third-order valence-corrected chi connectivity index (χ3v) is 6.17. The Morgan fingerprint density at radius 3 is 2.81 bits per heavy atom. The number of hydrazine groups is 1. The van der Waals surface area contributed by atoms with Crippen molar-refractivity contribution in [3.05, 3.63) is 59.8 Å². The molecule has 0 aliphatic carbocycles. The second-order valence-electron chi connectivity index (χ2n) is 8.48. The van der Waals surface area contributed by atoms with Crippen molar-refractivity contribution in [2.45, 2.75) is 44.3 Å². The number of carbonyl (C=O) groups is 2. The molecule has 1 aromatic heterocycles. The van der Waals surface area contributed by atoms with Gasteiger partial charge in [0.25, 0.3) is 0 Å². The van der Waals surface area contributed by atoms with E-state index in [-0.39, 0.29) is 36.0 Å².